The number of rotatable bonds is 5. The maximum absolute atomic E-state index is 13.5. The average Bonchev–Trinajstić information content (AvgIpc) is 2.80. The molecular weight excluding hydrogens is 444 g/mol. The maximum Gasteiger partial charge on any atom is 0.270 e. The minimum Gasteiger partial charge on any atom is -0.351 e. The van der Waals surface area contributed by atoms with Crippen molar-refractivity contribution in [2.45, 2.75) is 12.8 Å². The van der Waals surface area contributed by atoms with Crippen molar-refractivity contribution in [1.82, 2.24) is 5.32 Å². The fourth-order valence-electron chi connectivity index (χ4n) is 3.85. The van der Waals surface area contributed by atoms with Gasteiger partial charge in [-0.15, -0.1) is 0 Å². The first kappa shape index (κ1) is 22.1. The van der Waals surface area contributed by atoms with Gasteiger partial charge in [0.2, 0.25) is 0 Å². The Morgan fingerprint density at radius 1 is 1.00 bits per heavy atom. The van der Waals surface area contributed by atoms with Crippen LogP contribution < -0.4 is 9.62 Å². The first-order valence-electron chi connectivity index (χ1n) is 10.2. The molecule has 1 atom stereocenters. The lowest BCUT2D eigenvalue weighted by molar-refractivity contribution is -0.116. The number of hydrogen-bond acceptors (Lipinski definition) is 3. The molecule has 0 aromatic heterocycles. The van der Waals surface area contributed by atoms with Gasteiger partial charge in [-0.3, -0.25) is 9.10 Å². The molecule has 0 saturated carbocycles. The number of fused-ring (bicyclic) bond motifs is 1. The van der Waals surface area contributed by atoms with Crippen LogP contribution in [-0.2, 0) is 14.8 Å². The zero-order valence-electron chi connectivity index (χ0n) is 17.7. The number of carbonyl (C=O) groups excluding carboxylic acids is 1. The third-order valence-corrected chi connectivity index (χ3v) is 7.68. The van der Waals surface area contributed by atoms with Crippen LogP contribution in [0, 0.1) is 0 Å². The Morgan fingerprint density at radius 3 is 2.28 bits per heavy atom. The zero-order valence-corrected chi connectivity index (χ0v) is 19.3. The molecule has 1 N–H and O–H groups in total. The fourth-order valence-corrected chi connectivity index (χ4v) is 5.50. The van der Waals surface area contributed by atoms with Gasteiger partial charge in [-0.05, 0) is 35.2 Å². The molecule has 0 spiro atoms. The van der Waals surface area contributed by atoms with Crippen LogP contribution in [0.2, 0.25) is 5.02 Å². The molecule has 0 fully saturated rings. The first-order chi connectivity index (χ1) is 15.3. The lowest BCUT2D eigenvalue weighted by atomic mass is 9.95. The predicted octanol–water partition coefficient (Wildman–Crippen LogP) is 4.80. The quantitative estimate of drug-likeness (QED) is 0.587. The Kier molecular flexibility index (Phi) is 6.09. The lowest BCUT2D eigenvalue weighted by Gasteiger charge is -2.31. The molecule has 0 radical (unpaired) electrons. The molecule has 1 amide bonds. The standard InChI is InChI=1S/C25H23ClN2O3S/c1-17(18-9-5-3-6-10-18)16-27-25(29)24-23(19-11-7-4-8-12-19)21-15-20(26)13-14-22(21)28(2)32(24,30)31/h3-15,17H,16H2,1-2H3,(H,27,29)/t17-/m1/s1. The highest BCUT2D eigenvalue weighted by Gasteiger charge is 2.39. The van der Waals surface area contributed by atoms with E-state index < -0.39 is 15.9 Å². The van der Waals surface area contributed by atoms with Crippen molar-refractivity contribution in [1.29, 1.82) is 0 Å². The molecule has 0 bridgehead atoms. The second-order valence-electron chi connectivity index (χ2n) is 7.73. The number of anilines is 1. The summed E-state index contributed by atoms with van der Waals surface area (Å²) in [5.74, 6) is -0.615. The third kappa shape index (κ3) is 4.04. The van der Waals surface area contributed by atoms with Crippen LogP contribution in [-0.4, -0.2) is 27.9 Å². The minimum absolute atomic E-state index is 0.0201. The van der Waals surface area contributed by atoms with Crippen LogP contribution in [0.1, 0.15) is 29.5 Å². The number of hydrogen-bond donors (Lipinski definition) is 1. The first-order valence-corrected chi connectivity index (χ1v) is 12.0. The van der Waals surface area contributed by atoms with E-state index in [-0.39, 0.29) is 10.8 Å². The highest BCUT2D eigenvalue weighted by molar-refractivity contribution is 7.97. The van der Waals surface area contributed by atoms with Gasteiger partial charge in [-0.2, -0.15) is 0 Å². The lowest BCUT2D eigenvalue weighted by Crippen LogP contribution is -2.40. The molecule has 32 heavy (non-hydrogen) atoms. The van der Waals surface area contributed by atoms with Gasteiger partial charge < -0.3 is 5.32 Å². The number of sulfonamides is 1. The van der Waals surface area contributed by atoms with E-state index in [0.717, 1.165) is 9.87 Å². The topological polar surface area (TPSA) is 66.5 Å². The molecule has 0 aliphatic carbocycles. The highest BCUT2D eigenvalue weighted by atomic mass is 35.5. The molecule has 1 heterocycles. The van der Waals surface area contributed by atoms with E-state index in [1.165, 1.54) is 7.05 Å². The van der Waals surface area contributed by atoms with Gasteiger partial charge >= 0.3 is 0 Å². The Morgan fingerprint density at radius 2 is 1.62 bits per heavy atom. The Balaban J connectivity index is 1.82. The Bertz CT molecular complexity index is 1290. The van der Waals surface area contributed by atoms with Crippen molar-refractivity contribution in [3.63, 3.8) is 0 Å². The van der Waals surface area contributed by atoms with E-state index in [9.17, 15) is 13.2 Å². The van der Waals surface area contributed by atoms with Crippen molar-refractivity contribution in [2.75, 3.05) is 17.9 Å². The Labute approximate surface area is 193 Å². The van der Waals surface area contributed by atoms with E-state index in [0.29, 0.717) is 34.0 Å². The highest BCUT2D eigenvalue weighted by Crippen LogP contribution is 2.43. The van der Waals surface area contributed by atoms with Crippen LogP contribution in [0.3, 0.4) is 0 Å². The van der Waals surface area contributed by atoms with Gasteiger partial charge in [-0.1, -0.05) is 79.2 Å². The van der Waals surface area contributed by atoms with Crippen LogP contribution in [0.5, 0.6) is 0 Å². The van der Waals surface area contributed by atoms with Gasteiger partial charge in [-0.25, -0.2) is 8.42 Å². The molecule has 164 valence electrons. The van der Waals surface area contributed by atoms with Crippen molar-refractivity contribution in [3.8, 4) is 0 Å². The van der Waals surface area contributed by atoms with Crippen LogP contribution in [0.15, 0.2) is 83.8 Å². The smallest absolute Gasteiger partial charge is 0.270 e. The summed E-state index contributed by atoms with van der Waals surface area (Å²) in [5, 5.41) is 3.30. The summed E-state index contributed by atoms with van der Waals surface area (Å²) in [6.07, 6.45) is 0. The maximum atomic E-state index is 13.5. The molecular formula is C25H23ClN2O3S. The summed E-state index contributed by atoms with van der Waals surface area (Å²) in [7, 11) is -2.63. The van der Waals surface area contributed by atoms with E-state index in [4.69, 9.17) is 11.6 Å². The predicted molar refractivity (Wildman–Crippen MR) is 129 cm³/mol. The van der Waals surface area contributed by atoms with Crippen molar-refractivity contribution >= 4 is 38.8 Å². The van der Waals surface area contributed by atoms with Crippen molar-refractivity contribution in [2.24, 2.45) is 0 Å². The van der Waals surface area contributed by atoms with Gasteiger partial charge in [0.05, 0.1) is 5.69 Å². The molecule has 5 nitrogen and oxygen atoms in total. The minimum atomic E-state index is -4.08. The van der Waals surface area contributed by atoms with Gasteiger partial charge in [0.1, 0.15) is 0 Å². The molecule has 0 unspecified atom stereocenters. The van der Waals surface area contributed by atoms with Gasteiger partial charge in [0.15, 0.2) is 4.91 Å². The number of halogens is 1. The Hall–Kier alpha value is -3.09. The number of amides is 1. The second kappa shape index (κ2) is 8.81. The zero-order chi connectivity index (χ0) is 22.9. The van der Waals surface area contributed by atoms with Gasteiger partial charge in [0.25, 0.3) is 15.9 Å². The normalized spacial score (nSPS) is 15.8. The average molecular weight is 467 g/mol. The summed E-state index contributed by atoms with van der Waals surface area (Å²) in [6.45, 7) is 2.29. The molecule has 3 aromatic rings. The summed E-state index contributed by atoms with van der Waals surface area (Å²) >= 11 is 6.25. The van der Waals surface area contributed by atoms with Crippen molar-refractivity contribution in [3.05, 3.63) is 105 Å². The largest absolute Gasteiger partial charge is 0.351 e. The third-order valence-electron chi connectivity index (χ3n) is 5.62. The molecule has 0 saturated heterocycles. The summed E-state index contributed by atoms with van der Waals surface area (Å²) < 4.78 is 28.1. The van der Waals surface area contributed by atoms with Crippen molar-refractivity contribution < 1.29 is 13.2 Å². The molecule has 1 aliphatic heterocycles. The fraction of sp³-hybridized carbons (Fsp3) is 0.160. The molecule has 7 heteroatoms. The summed E-state index contributed by atoms with van der Waals surface area (Å²) in [4.78, 5) is 13.1. The molecule has 1 aliphatic rings. The summed E-state index contributed by atoms with van der Waals surface area (Å²) in [6, 6.07) is 23.8. The number of nitrogens with zero attached hydrogens (tertiary/aromatic N) is 1. The number of nitrogens with one attached hydrogen (secondary N) is 1. The molecule has 4 rings (SSSR count). The second-order valence-corrected chi connectivity index (χ2v) is 10.1. The van der Waals surface area contributed by atoms with E-state index in [1.807, 2.05) is 55.5 Å². The SMILES string of the molecule is C[C@H](CNC(=O)C1=C(c2ccccc2)c2cc(Cl)ccc2N(C)S1(=O)=O)c1ccccc1. The van der Waals surface area contributed by atoms with E-state index >= 15 is 0 Å². The monoisotopic (exact) mass is 466 g/mol. The van der Waals surface area contributed by atoms with Gasteiger partial charge in [0, 0.05) is 29.8 Å². The van der Waals surface area contributed by atoms with E-state index in [1.54, 1.807) is 30.3 Å². The molecule has 3 aromatic carbocycles. The van der Waals surface area contributed by atoms with Crippen LogP contribution in [0.4, 0.5) is 5.69 Å². The number of carbonyl (C=O) groups is 1. The van der Waals surface area contributed by atoms with Crippen LogP contribution in [0.25, 0.3) is 5.57 Å². The summed E-state index contributed by atoms with van der Waals surface area (Å²) in [5.41, 5.74) is 3.12. The number of benzene rings is 3. The van der Waals surface area contributed by atoms with E-state index in [2.05, 4.69) is 5.32 Å². The van der Waals surface area contributed by atoms with Crippen LogP contribution >= 0.6 is 11.6 Å².